The maximum Gasteiger partial charge on any atom is 0.0660 e. The molecule has 72 valence electrons. The third-order valence-corrected chi connectivity index (χ3v) is 2.46. The first-order valence-corrected chi connectivity index (χ1v) is 4.86. The lowest BCUT2D eigenvalue weighted by Gasteiger charge is -2.36. The fourth-order valence-electron chi connectivity index (χ4n) is 1.62. The number of nitrogens with one attached hydrogen (secondary N) is 1. The maximum absolute atomic E-state index is 5.74. The Hall–Kier alpha value is -0.120. The molecule has 1 unspecified atom stereocenters. The van der Waals surface area contributed by atoms with Crippen LogP contribution in [0.1, 0.15) is 26.2 Å². The van der Waals surface area contributed by atoms with E-state index in [1.807, 2.05) is 0 Å². The minimum atomic E-state index is 0.0776. The van der Waals surface area contributed by atoms with Gasteiger partial charge in [0.2, 0.25) is 0 Å². The van der Waals surface area contributed by atoms with Crippen molar-refractivity contribution in [2.24, 2.45) is 5.73 Å². The molecule has 0 saturated carbocycles. The lowest BCUT2D eigenvalue weighted by molar-refractivity contribution is 0.0243. The molecule has 0 aromatic heterocycles. The molecule has 1 heterocycles. The zero-order chi connectivity index (χ0) is 8.86. The van der Waals surface area contributed by atoms with Crippen LogP contribution in [-0.2, 0) is 4.74 Å². The van der Waals surface area contributed by atoms with Gasteiger partial charge in [-0.1, -0.05) is 6.92 Å². The molecule has 0 spiro atoms. The van der Waals surface area contributed by atoms with Crippen LogP contribution >= 0.6 is 0 Å². The zero-order valence-corrected chi connectivity index (χ0v) is 7.94. The van der Waals surface area contributed by atoms with Gasteiger partial charge >= 0.3 is 0 Å². The second-order valence-corrected chi connectivity index (χ2v) is 3.57. The van der Waals surface area contributed by atoms with E-state index >= 15 is 0 Å². The predicted octanol–water partition coefficient (Wildman–Crippen LogP) is 0.494. The summed E-state index contributed by atoms with van der Waals surface area (Å²) in [5, 5.41) is 3.48. The summed E-state index contributed by atoms with van der Waals surface area (Å²) in [6, 6.07) is 0. The van der Waals surface area contributed by atoms with Crippen LogP contribution < -0.4 is 11.1 Å². The molecule has 12 heavy (non-hydrogen) atoms. The summed E-state index contributed by atoms with van der Waals surface area (Å²) in [4.78, 5) is 0. The Morgan fingerprint density at radius 1 is 1.58 bits per heavy atom. The van der Waals surface area contributed by atoms with E-state index in [0.717, 1.165) is 39.0 Å². The number of nitrogens with two attached hydrogens (primary N) is 1. The molecular weight excluding hydrogens is 152 g/mol. The van der Waals surface area contributed by atoms with Gasteiger partial charge in [0.05, 0.1) is 12.1 Å². The quantitative estimate of drug-likeness (QED) is 0.649. The molecule has 0 radical (unpaired) electrons. The van der Waals surface area contributed by atoms with Crippen LogP contribution in [0.3, 0.4) is 0 Å². The molecule has 1 atom stereocenters. The molecule has 1 fully saturated rings. The first-order valence-electron chi connectivity index (χ1n) is 4.86. The van der Waals surface area contributed by atoms with Gasteiger partial charge in [-0.25, -0.2) is 0 Å². The van der Waals surface area contributed by atoms with Crippen molar-refractivity contribution in [2.75, 3.05) is 26.3 Å². The van der Waals surface area contributed by atoms with Gasteiger partial charge in [-0.05, 0) is 25.8 Å². The molecule has 0 amide bonds. The predicted molar refractivity (Wildman–Crippen MR) is 50.1 cm³/mol. The highest BCUT2D eigenvalue weighted by atomic mass is 16.5. The monoisotopic (exact) mass is 172 g/mol. The van der Waals surface area contributed by atoms with Crippen molar-refractivity contribution < 1.29 is 4.74 Å². The van der Waals surface area contributed by atoms with Gasteiger partial charge in [0.25, 0.3) is 0 Å². The molecule has 1 aliphatic heterocycles. The summed E-state index contributed by atoms with van der Waals surface area (Å²) in [6.07, 6.45) is 3.44. The van der Waals surface area contributed by atoms with E-state index in [1.54, 1.807) is 0 Å². The number of hydrogen-bond acceptors (Lipinski definition) is 3. The summed E-state index contributed by atoms with van der Waals surface area (Å²) in [6.45, 7) is 5.58. The second-order valence-electron chi connectivity index (χ2n) is 3.57. The Kier molecular flexibility index (Phi) is 3.98. The summed E-state index contributed by atoms with van der Waals surface area (Å²) in [5.41, 5.74) is 5.81. The minimum Gasteiger partial charge on any atom is -0.379 e. The van der Waals surface area contributed by atoms with Crippen molar-refractivity contribution in [1.29, 1.82) is 0 Å². The Balaban J connectivity index is 2.37. The Labute approximate surface area is 74.7 Å². The molecule has 1 saturated heterocycles. The average molecular weight is 172 g/mol. The molecular formula is C9H20N2O. The average Bonchev–Trinajstić information content (AvgIpc) is 2.16. The first kappa shape index (κ1) is 9.96. The van der Waals surface area contributed by atoms with Crippen molar-refractivity contribution >= 4 is 0 Å². The van der Waals surface area contributed by atoms with Crippen molar-refractivity contribution in [3.63, 3.8) is 0 Å². The first-order chi connectivity index (χ1) is 5.83. The highest BCUT2D eigenvalue weighted by Crippen LogP contribution is 2.17. The molecule has 1 rings (SSSR count). The molecule has 0 aliphatic carbocycles. The Morgan fingerprint density at radius 2 is 2.42 bits per heavy atom. The molecule has 1 aliphatic rings. The molecule has 3 nitrogen and oxygen atoms in total. The molecule has 0 aromatic carbocycles. The molecule has 0 bridgehead atoms. The van der Waals surface area contributed by atoms with E-state index in [9.17, 15) is 0 Å². The topological polar surface area (TPSA) is 47.3 Å². The SMILES string of the molecule is CCCNC1(CN)CCCOC1. The summed E-state index contributed by atoms with van der Waals surface area (Å²) in [5.74, 6) is 0. The molecule has 3 N–H and O–H groups in total. The highest BCUT2D eigenvalue weighted by molar-refractivity contribution is 4.90. The maximum atomic E-state index is 5.74. The van der Waals surface area contributed by atoms with Gasteiger partial charge < -0.3 is 15.8 Å². The van der Waals surface area contributed by atoms with Crippen LogP contribution in [0, 0.1) is 0 Å². The van der Waals surface area contributed by atoms with Crippen molar-refractivity contribution in [3.8, 4) is 0 Å². The summed E-state index contributed by atoms with van der Waals surface area (Å²) in [7, 11) is 0. The number of ether oxygens (including phenoxy) is 1. The van der Waals surface area contributed by atoms with Gasteiger partial charge in [0.1, 0.15) is 0 Å². The lowest BCUT2D eigenvalue weighted by Crippen LogP contribution is -2.56. The number of rotatable bonds is 4. The van der Waals surface area contributed by atoms with E-state index in [4.69, 9.17) is 10.5 Å². The van der Waals surface area contributed by atoms with Crippen LogP contribution in [-0.4, -0.2) is 31.8 Å². The third-order valence-electron chi connectivity index (χ3n) is 2.46. The number of hydrogen-bond donors (Lipinski definition) is 2. The highest BCUT2D eigenvalue weighted by Gasteiger charge is 2.30. The molecule has 0 aromatic rings. The van der Waals surface area contributed by atoms with E-state index in [1.165, 1.54) is 0 Å². The van der Waals surface area contributed by atoms with Crippen molar-refractivity contribution in [3.05, 3.63) is 0 Å². The van der Waals surface area contributed by atoms with Gasteiger partial charge in [0.15, 0.2) is 0 Å². The van der Waals surface area contributed by atoms with Gasteiger partial charge in [0, 0.05) is 13.2 Å². The largest absolute Gasteiger partial charge is 0.379 e. The van der Waals surface area contributed by atoms with Crippen LogP contribution in [0.2, 0.25) is 0 Å². The smallest absolute Gasteiger partial charge is 0.0660 e. The van der Waals surface area contributed by atoms with Crippen molar-refractivity contribution in [2.45, 2.75) is 31.7 Å². The van der Waals surface area contributed by atoms with Crippen LogP contribution in [0.4, 0.5) is 0 Å². The van der Waals surface area contributed by atoms with Crippen LogP contribution in [0.5, 0.6) is 0 Å². The lowest BCUT2D eigenvalue weighted by atomic mass is 9.92. The standard InChI is InChI=1S/C9H20N2O/c1-2-5-11-9(7-10)4-3-6-12-8-9/h11H,2-8,10H2,1H3. The van der Waals surface area contributed by atoms with Crippen LogP contribution in [0.25, 0.3) is 0 Å². The van der Waals surface area contributed by atoms with E-state index in [0.29, 0.717) is 6.54 Å². The molecule has 3 heteroatoms. The summed E-state index contributed by atoms with van der Waals surface area (Å²) < 4.78 is 5.43. The minimum absolute atomic E-state index is 0.0776. The Morgan fingerprint density at radius 3 is 2.92 bits per heavy atom. The van der Waals surface area contributed by atoms with Gasteiger partial charge in [-0.2, -0.15) is 0 Å². The Bertz CT molecular complexity index is 122. The van der Waals surface area contributed by atoms with E-state index in [-0.39, 0.29) is 5.54 Å². The van der Waals surface area contributed by atoms with E-state index < -0.39 is 0 Å². The van der Waals surface area contributed by atoms with Gasteiger partial charge in [-0.15, -0.1) is 0 Å². The van der Waals surface area contributed by atoms with Gasteiger partial charge in [-0.3, -0.25) is 0 Å². The fourth-order valence-corrected chi connectivity index (χ4v) is 1.62. The summed E-state index contributed by atoms with van der Waals surface area (Å²) >= 11 is 0. The van der Waals surface area contributed by atoms with E-state index in [2.05, 4.69) is 12.2 Å². The zero-order valence-electron chi connectivity index (χ0n) is 7.94. The van der Waals surface area contributed by atoms with Crippen molar-refractivity contribution in [1.82, 2.24) is 5.32 Å². The second kappa shape index (κ2) is 4.80. The normalized spacial score (nSPS) is 30.5. The fraction of sp³-hybridized carbons (Fsp3) is 1.00. The van der Waals surface area contributed by atoms with Crippen LogP contribution in [0.15, 0.2) is 0 Å². The third kappa shape index (κ3) is 2.44.